The average molecular weight is 257 g/mol. The van der Waals surface area contributed by atoms with Crippen molar-refractivity contribution in [3.63, 3.8) is 0 Å². The molecule has 0 atom stereocenters. The molecular formula is C10H9BrOS. The molecule has 2 rings (SSSR count). The monoisotopic (exact) mass is 256 g/mol. The van der Waals surface area contributed by atoms with Gasteiger partial charge in [0.1, 0.15) is 0 Å². The van der Waals surface area contributed by atoms with Gasteiger partial charge in [0.2, 0.25) is 0 Å². The topological polar surface area (TPSA) is 17.1 Å². The molecule has 0 spiro atoms. The van der Waals surface area contributed by atoms with Gasteiger partial charge < -0.3 is 0 Å². The van der Waals surface area contributed by atoms with Crippen molar-refractivity contribution < 1.29 is 4.79 Å². The Morgan fingerprint density at radius 1 is 1.62 bits per heavy atom. The summed E-state index contributed by atoms with van der Waals surface area (Å²) in [5, 5.41) is 2.01. The van der Waals surface area contributed by atoms with Crippen molar-refractivity contribution in [2.45, 2.75) is 12.8 Å². The summed E-state index contributed by atoms with van der Waals surface area (Å²) in [5.74, 6) is 0.607. The molecule has 0 unspecified atom stereocenters. The molecule has 1 aliphatic carbocycles. The van der Waals surface area contributed by atoms with Gasteiger partial charge in [0, 0.05) is 15.3 Å². The second kappa shape index (κ2) is 3.76. The van der Waals surface area contributed by atoms with E-state index in [0.29, 0.717) is 5.92 Å². The van der Waals surface area contributed by atoms with E-state index >= 15 is 0 Å². The predicted molar refractivity (Wildman–Crippen MR) is 58.8 cm³/mol. The highest BCUT2D eigenvalue weighted by Crippen LogP contribution is 2.31. The van der Waals surface area contributed by atoms with Crippen molar-refractivity contribution in [2.75, 3.05) is 0 Å². The molecule has 1 saturated carbocycles. The zero-order valence-corrected chi connectivity index (χ0v) is 9.40. The Balaban J connectivity index is 2.04. The number of hydrogen-bond acceptors (Lipinski definition) is 2. The van der Waals surface area contributed by atoms with Gasteiger partial charge in [0.15, 0.2) is 5.78 Å². The first kappa shape index (κ1) is 9.16. The quantitative estimate of drug-likeness (QED) is 0.757. The third-order valence-corrected chi connectivity index (χ3v) is 3.86. The first-order valence-electron chi connectivity index (χ1n) is 4.22. The molecule has 13 heavy (non-hydrogen) atoms. The predicted octanol–water partition coefficient (Wildman–Crippen LogP) is 3.50. The lowest BCUT2D eigenvalue weighted by molar-refractivity contribution is -0.115. The third-order valence-electron chi connectivity index (χ3n) is 2.02. The smallest absolute Gasteiger partial charge is 0.158 e. The minimum Gasteiger partial charge on any atom is -0.295 e. The standard InChI is InChI=1S/C10H9BrOS/c11-8-5-6-13-10(8)4-3-9(12)7-1-2-7/h3-7H,1-2H2. The van der Waals surface area contributed by atoms with Crippen LogP contribution in [0.15, 0.2) is 22.0 Å². The molecule has 0 amide bonds. The van der Waals surface area contributed by atoms with E-state index in [1.54, 1.807) is 17.4 Å². The van der Waals surface area contributed by atoms with Gasteiger partial charge in [0.25, 0.3) is 0 Å². The third kappa shape index (κ3) is 2.29. The molecule has 0 N–H and O–H groups in total. The van der Waals surface area contributed by atoms with Crippen molar-refractivity contribution in [3.05, 3.63) is 26.9 Å². The maximum absolute atomic E-state index is 11.3. The highest BCUT2D eigenvalue weighted by molar-refractivity contribution is 9.10. The fraction of sp³-hybridized carbons (Fsp3) is 0.300. The summed E-state index contributed by atoms with van der Waals surface area (Å²) in [4.78, 5) is 12.4. The molecule has 1 heterocycles. The Kier molecular flexibility index (Phi) is 2.65. The van der Waals surface area contributed by atoms with Crippen LogP contribution in [0.2, 0.25) is 0 Å². The van der Waals surface area contributed by atoms with E-state index < -0.39 is 0 Å². The van der Waals surface area contributed by atoms with Crippen LogP contribution in [0.3, 0.4) is 0 Å². The van der Waals surface area contributed by atoms with Crippen molar-refractivity contribution in [1.82, 2.24) is 0 Å². The van der Waals surface area contributed by atoms with E-state index in [1.165, 1.54) is 0 Å². The number of carbonyl (C=O) groups is 1. The van der Waals surface area contributed by atoms with E-state index in [-0.39, 0.29) is 5.78 Å². The number of rotatable bonds is 3. The van der Waals surface area contributed by atoms with E-state index in [4.69, 9.17) is 0 Å². The van der Waals surface area contributed by atoms with Crippen molar-refractivity contribution in [1.29, 1.82) is 0 Å². The van der Waals surface area contributed by atoms with Crippen LogP contribution in [0.1, 0.15) is 17.7 Å². The van der Waals surface area contributed by atoms with Gasteiger partial charge in [0.05, 0.1) is 0 Å². The Labute approximate surface area is 89.6 Å². The van der Waals surface area contributed by atoms with Crippen LogP contribution in [-0.4, -0.2) is 5.78 Å². The molecule has 1 aromatic rings. The lowest BCUT2D eigenvalue weighted by Gasteiger charge is -1.88. The van der Waals surface area contributed by atoms with Gasteiger partial charge in [-0.3, -0.25) is 4.79 Å². The Hall–Kier alpha value is -0.410. The largest absolute Gasteiger partial charge is 0.295 e. The zero-order valence-electron chi connectivity index (χ0n) is 7.00. The molecule has 1 nitrogen and oxygen atoms in total. The van der Waals surface area contributed by atoms with Crippen LogP contribution in [0.25, 0.3) is 6.08 Å². The second-order valence-electron chi connectivity index (χ2n) is 3.14. The minimum absolute atomic E-state index is 0.278. The molecule has 0 bridgehead atoms. The Morgan fingerprint density at radius 2 is 2.38 bits per heavy atom. The van der Waals surface area contributed by atoms with Crippen LogP contribution < -0.4 is 0 Å². The maximum atomic E-state index is 11.3. The number of allylic oxidation sites excluding steroid dienone is 1. The molecule has 0 aliphatic heterocycles. The molecule has 3 heteroatoms. The summed E-state index contributed by atoms with van der Waals surface area (Å²) < 4.78 is 1.07. The van der Waals surface area contributed by atoms with Crippen molar-refractivity contribution in [2.24, 2.45) is 5.92 Å². The lowest BCUT2D eigenvalue weighted by Crippen LogP contribution is -1.92. The number of thiophene rings is 1. The van der Waals surface area contributed by atoms with Crippen LogP contribution in [-0.2, 0) is 4.79 Å². The Morgan fingerprint density at radius 3 is 2.92 bits per heavy atom. The molecule has 68 valence electrons. The molecule has 0 saturated heterocycles. The number of hydrogen-bond donors (Lipinski definition) is 0. The highest BCUT2D eigenvalue weighted by Gasteiger charge is 2.27. The molecule has 1 aliphatic rings. The van der Waals surface area contributed by atoms with Crippen LogP contribution >= 0.6 is 27.3 Å². The summed E-state index contributed by atoms with van der Waals surface area (Å²) in [6.07, 6.45) is 5.76. The van der Waals surface area contributed by atoms with Crippen LogP contribution in [0, 0.1) is 5.92 Å². The summed E-state index contributed by atoms with van der Waals surface area (Å²) in [6, 6.07) is 1.99. The zero-order chi connectivity index (χ0) is 9.26. The second-order valence-corrected chi connectivity index (χ2v) is 4.94. The fourth-order valence-electron chi connectivity index (χ4n) is 1.09. The van der Waals surface area contributed by atoms with Gasteiger partial charge in [-0.25, -0.2) is 0 Å². The van der Waals surface area contributed by atoms with Gasteiger partial charge in [-0.05, 0) is 52.4 Å². The normalized spacial score (nSPS) is 16.7. The van der Waals surface area contributed by atoms with E-state index in [9.17, 15) is 4.79 Å². The Bertz CT molecular complexity index is 350. The SMILES string of the molecule is O=C(C=Cc1sccc1Br)C1CC1. The summed E-state index contributed by atoms with van der Waals surface area (Å²) in [5.41, 5.74) is 0. The number of ketones is 1. The highest BCUT2D eigenvalue weighted by atomic mass is 79.9. The minimum atomic E-state index is 0.278. The summed E-state index contributed by atoms with van der Waals surface area (Å²) in [7, 11) is 0. The van der Waals surface area contributed by atoms with Gasteiger partial charge in [-0.1, -0.05) is 0 Å². The molecule has 1 fully saturated rings. The molecule has 0 aromatic carbocycles. The maximum Gasteiger partial charge on any atom is 0.158 e. The average Bonchev–Trinajstić information content (AvgIpc) is 2.88. The van der Waals surface area contributed by atoms with Crippen molar-refractivity contribution in [3.8, 4) is 0 Å². The van der Waals surface area contributed by atoms with Gasteiger partial charge >= 0.3 is 0 Å². The van der Waals surface area contributed by atoms with Gasteiger partial charge in [-0.15, -0.1) is 11.3 Å². The summed E-state index contributed by atoms with van der Waals surface area (Å²) in [6.45, 7) is 0. The van der Waals surface area contributed by atoms with Crippen molar-refractivity contribution >= 4 is 39.1 Å². The van der Waals surface area contributed by atoms with E-state index in [0.717, 1.165) is 22.2 Å². The molecule has 0 radical (unpaired) electrons. The first-order valence-corrected chi connectivity index (χ1v) is 5.89. The van der Waals surface area contributed by atoms with E-state index in [2.05, 4.69) is 15.9 Å². The number of carbonyl (C=O) groups excluding carboxylic acids is 1. The molecule has 1 aromatic heterocycles. The number of halogens is 1. The van der Waals surface area contributed by atoms with Crippen LogP contribution in [0.5, 0.6) is 0 Å². The lowest BCUT2D eigenvalue weighted by atomic mass is 10.2. The summed E-state index contributed by atoms with van der Waals surface area (Å²) >= 11 is 5.05. The molecular weight excluding hydrogens is 248 g/mol. The first-order chi connectivity index (χ1) is 6.27. The van der Waals surface area contributed by atoms with E-state index in [1.807, 2.05) is 17.5 Å². The van der Waals surface area contributed by atoms with Gasteiger partial charge in [-0.2, -0.15) is 0 Å². The van der Waals surface area contributed by atoms with Crippen LogP contribution in [0.4, 0.5) is 0 Å². The fourth-order valence-corrected chi connectivity index (χ4v) is 2.48.